The van der Waals surface area contributed by atoms with Crippen LogP contribution in [0.5, 0.6) is 5.75 Å². The van der Waals surface area contributed by atoms with Gasteiger partial charge in [-0.2, -0.15) is 0 Å². The number of nitrogens with one attached hydrogen (secondary N) is 3. The molecule has 7 nitrogen and oxygen atoms in total. The fourth-order valence-corrected chi connectivity index (χ4v) is 3.24. The van der Waals surface area contributed by atoms with Crippen LogP contribution >= 0.6 is 0 Å². The van der Waals surface area contributed by atoms with Gasteiger partial charge < -0.3 is 15.4 Å². The lowest BCUT2D eigenvalue weighted by molar-refractivity contribution is -0.129. The Balaban J connectivity index is 1.70. The normalized spacial score (nSPS) is 23.7. The number of benzene rings is 2. The van der Waals surface area contributed by atoms with Crippen LogP contribution in [0.25, 0.3) is 0 Å². The van der Waals surface area contributed by atoms with Crippen LogP contribution in [-0.2, 0) is 15.1 Å². The summed E-state index contributed by atoms with van der Waals surface area (Å²) in [6.45, 7) is 0. The SMILES string of the molecule is O=C1NC(=O)[C@@]2(C[C@@H](C(=O)Nc3ccccc3)Oc3ccc(F)cc32)N1. The number of hydrogen-bond acceptors (Lipinski definition) is 4. The Hall–Kier alpha value is -3.42. The summed E-state index contributed by atoms with van der Waals surface area (Å²) >= 11 is 0. The molecule has 2 aromatic rings. The lowest BCUT2D eigenvalue weighted by Crippen LogP contribution is -2.53. The third-order valence-corrected chi connectivity index (χ3v) is 4.44. The average Bonchev–Trinajstić information content (AvgIpc) is 2.90. The minimum Gasteiger partial charge on any atom is -0.480 e. The van der Waals surface area contributed by atoms with Crippen molar-refractivity contribution in [2.24, 2.45) is 0 Å². The topological polar surface area (TPSA) is 96.5 Å². The maximum Gasteiger partial charge on any atom is 0.322 e. The van der Waals surface area contributed by atoms with E-state index >= 15 is 0 Å². The van der Waals surface area contributed by atoms with E-state index in [4.69, 9.17) is 4.74 Å². The summed E-state index contributed by atoms with van der Waals surface area (Å²) in [7, 11) is 0. The number of carbonyl (C=O) groups excluding carboxylic acids is 3. The quantitative estimate of drug-likeness (QED) is 0.714. The third-order valence-electron chi connectivity index (χ3n) is 4.44. The second-order valence-electron chi connectivity index (χ2n) is 6.12. The van der Waals surface area contributed by atoms with Gasteiger partial charge in [-0.25, -0.2) is 9.18 Å². The molecule has 0 aliphatic carbocycles. The van der Waals surface area contributed by atoms with Gasteiger partial charge in [-0.15, -0.1) is 0 Å². The molecule has 0 aromatic heterocycles. The molecule has 0 saturated carbocycles. The number of hydrogen-bond donors (Lipinski definition) is 3. The van der Waals surface area contributed by atoms with Gasteiger partial charge in [0.25, 0.3) is 11.8 Å². The molecule has 132 valence electrons. The third kappa shape index (κ3) is 2.55. The molecule has 2 aliphatic heterocycles. The highest BCUT2D eigenvalue weighted by atomic mass is 19.1. The van der Waals surface area contributed by atoms with Crippen molar-refractivity contribution in [1.29, 1.82) is 0 Å². The standard InChI is InChI=1S/C18H14FN3O4/c19-10-6-7-13-12(8-10)18(16(24)21-17(25)22-18)9-14(26-13)15(23)20-11-4-2-1-3-5-11/h1-8,14H,9H2,(H,20,23)(H2,21,22,24,25)/t14-,18-/m0/s1. The summed E-state index contributed by atoms with van der Waals surface area (Å²) < 4.78 is 19.4. The van der Waals surface area contributed by atoms with Crippen LogP contribution in [-0.4, -0.2) is 23.9 Å². The maximum atomic E-state index is 13.7. The Morgan fingerprint density at radius 2 is 1.96 bits per heavy atom. The number of rotatable bonds is 2. The van der Waals surface area contributed by atoms with E-state index in [0.29, 0.717) is 5.69 Å². The fourth-order valence-electron chi connectivity index (χ4n) is 3.24. The van der Waals surface area contributed by atoms with Crippen LogP contribution < -0.4 is 20.7 Å². The van der Waals surface area contributed by atoms with E-state index in [9.17, 15) is 18.8 Å². The average molecular weight is 355 g/mol. The van der Waals surface area contributed by atoms with Crippen molar-refractivity contribution in [2.75, 3.05) is 5.32 Å². The smallest absolute Gasteiger partial charge is 0.322 e. The molecule has 4 rings (SSSR count). The Kier molecular flexibility index (Phi) is 3.61. The van der Waals surface area contributed by atoms with Crippen molar-refractivity contribution in [3.8, 4) is 5.75 Å². The molecule has 3 N–H and O–H groups in total. The van der Waals surface area contributed by atoms with Crippen molar-refractivity contribution in [2.45, 2.75) is 18.1 Å². The van der Waals surface area contributed by atoms with Crippen molar-refractivity contribution >= 4 is 23.5 Å². The summed E-state index contributed by atoms with van der Waals surface area (Å²) in [6, 6.07) is 11.7. The summed E-state index contributed by atoms with van der Waals surface area (Å²) in [4.78, 5) is 36.8. The van der Waals surface area contributed by atoms with Crippen molar-refractivity contribution in [3.63, 3.8) is 0 Å². The minimum atomic E-state index is -1.55. The van der Waals surface area contributed by atoms with Gasteiger partial charge >= 0.3 is 6.03 Å². The fraction of sp³-hybridized carbons (Fsp3) is 0.167. The predicted octanol–water partition coefficient (Wildman–Crippen LogP) is 1.65. The van der Waals surface area contributed by atoms with Gasteiger partial charge in [0.1, 0.15) is 11.6 Å². The molecule has 26 heavy (non-hydrogen) atoms. The van der Waals surface area contributed by atoms with Gasteiger partial charge in [0.15, 0.2) is 11.6 Å². The molecule has 1 saturated heterocycles. The first-order valence-electron chi connectivity index (χ1n) is 7.94. The van der Waals surface area contributed by atoms with Gasteiger partial charge in [-0.3, -0.25) is 14.9 Å². The molecular weight excluding hydrogens is 341 g/mol. The lowest BCUT2D eigenvalue weighted by atomic mass is 9.81. The number of amides is 4. The highest BCUT2D eigenvalue weighted by Gasteiger charge is 2.54. The minimum absolute atomic E-state index is 0.153. The number of imide groups is 1. The Morgan fingerprint density at radius 1 is 1.19 bits per heavy atom. The van der Waals surface area contributed by atoms with E-state index in [2.05, 4.69) is 16.0 Å². The van der Waals surface area contributed by atoms with Crippen molar-refractivity contribution in [1.82, 2.24) is 10.6 Å². The molecule has 2 aliphatic rings. The molecule has 4 amide bonds. The molecule has 1 spiro atoms. The van der Waals surface area contributed by atoms with Crippen LogP contribution in [0.2, 0.25) is 0 Å². The summed E-state index contributed by atoms with van der Waals surface area (Å²) in [5, 5.41) is 7.38. The molecule has 1 fully saturated rings. The number of carbonyl (C=O) groups is 3. The molecule has 0 bridgehead atoms. The molecule has 0 radical (unpaired) electrons. The number of fused-ring (bicyclic) bond motifs is 2. The monoisotopic (exact) mass is 355 g/mol. The van der Waals surface area contributed by atoms with Crippen molar-refractivity contribution < 1.29 is 23.5 Å². The molecular formula is C18H14FN3O4. The predicted molar refractivity (Wildman–Crippen MR) is 88.9 cm³/mol. The van der Waals surface area contributed by atoms with Gasteiger partial charge in [-0.1, -0.05) is 18.2 Å². The maximum absolute atomic E-state index is 13.7. The number of ether oxygens (including phenoxy) is 1. The summed E-state index contributed by atoms with van der Waals surface area (Å²) in [5.74, 6) is -1.52. The largest absolute Gasteiger partial charge is 0.480 e. The van der Waals surface area contributed by atoms with Crippen LogP contribution in [0.3, 0.4) is 0 Å². The zero-order valence-corrected chi connectivity index (χ0v) is 13.4. The van der Waals surface area contributed by atoms with Crippen LogP contribution in [0, 0.1) is 5.82 Å². The molecule has 2 heterocycles. The zero-order chi connectivity index (χ0) is 18.3. The first-order valence-corrected chi connectivity index (χ1v) is 7.94. The van der Waals surface area contributed by atoms with Crippen LogP contribution in [0.15, 0.2) is 48.5 Å². The van der Waals surface area contributed by atoms with Crippen molar-refractivity contribution in [3.05, 3.63) is 59.9 Å². The lowest BCUT2D eigenvalue weighted by Gasteiger charge is -2.36. The van der Waals surface area contributed by atoms with Gasteiger partial charge in [0.2, 0.25) is 0 Å². The molecule has 2 aromatic carbocycles. The number of anilines is 1. The van der Waals surface area contributed by atoms with Gasteiger partial charge in [0.05, 0.1) is 0 Å². The number of urea groups is 1. The van der Waals surface area contributed by atoms with E-state index in [-0.39, 0.29) is 17.7 Å². The molecule has 8 heteroatoms. The van der Waals surface area contributed by atoms with E-state index in [0.717, 1.165) is 6.07 Å². The van der Waals surface area contributed by atoms with E-state index in [1.165, 1.54) is 12.1 Å². The van der Waals surface area contributed by atoms with E-state index in [1.54, 1.807) is 24.3 Å². The van der Waals surface area contributed by atoms with E-state index in [1.807, 2.05) is 6.07 Å². The Morgan fingerprint density at radius 3 is 2.65 bits per heavy atom. The summed E-state index contributed by atoms with van der Waals surface area (Å²) in [5.41, 5.74) is -0.796. The summed E-state index contributed by atoms with van der Waals surface area (Å²) in [6.07, 6.45) is -1.20. The number of halogens is 1. The second kappa shape index (κ2) is 5.83. The Labute approximate surface area is 147 Å². The highest BCUT2D eigenvalue weighted by molar-refractivity contribution is 6.08. The van der Waals surface area contributed by atoms with Crippen LogP contribution in [0.4, 0.5) is 14.9 Å². The first-order chi connectivity index (χ1) is 12.5. The Bertz CT molecular complexity index is 918. The van der Waals surface area contributed by atoms with Crippen LogP contribution in [0.1, 0.15) is 12.0 Å². The second-order valence-corrected chi connectivity index (χ2v) is 6.12. The van der Waals surface area contributed by atoms with Gasteiger partial charge in [-0.05, 0) is 30.3 Å². The first kappa shape index (κ1) is 16.1. The molecule has 0 unspecified atom stereocenters. The highest BCUT2D eigenvalue weighted by Crippen LogP contribution is 2.41. The van der Waals surface area contributed by atoms with E-state index < -0.39 is 35.3 Å². The molecule has 2 atom stereocenters. The number of para-hydroxylation sites is 1. The zero-order valence-electron chi connectivity index (χ0n) is 13.4. The van der Waals surface area contributed by atoms with Gasteiger partial charge in [0, 0.05) is 17.7 Å².